The van der Waals surface area contributed by atoms with E-state index in [1.807, 2.05) is 6.92 Å². The van der Waals surface area contributed by atoms with Crippen LogP contribution in [0.5, 0.6) is 0 Å². The molecule has 0 amide bonds. The number of aryl methyl sites for hydroxylation is 1. The molecular weight excluding hydrogens is 238 g/mol. The van der Waals surface area contributed by atoms with Crippen LogP contribution in [-0.2, 0) is 6.54 Å². The molecule has 1 heterocycles. The maximum Gasteiger partial charge on any atom is 0.228 e. The molecule has 0 aliphatic carbocycles. The molecule has 88 valence electrons. The fraction of sp³-hybridized carbons (Fsp3) is 0.167. The van der Waals surface area contributed by atoms with Gasteiger partial charge in [0.25, 0.3) is 0 Å². The van der Waals surface area contributed by atoms with E-state index < -0.39 is 0 Å². The third kappa shape index (κ3) is 2.31. The van der Waals surface area contributed by atoms with Crippen molar-refractivity contribution in [3.8, 4) is 0 Å². The Morgan fingerprint density at radius 2 is 2.24 bits per heavy atom. The normalized spacial score (nSPS) is 10.5. The number of carbonyl (C=O) groups is 1. The first-order chi connectivity index (χ1) is 8.11. The summed E-state index contributed by atoms with van der Waals surface area (Å²) in [5, 5.41) is 0.447. The number of imidazole rings is 1. The largest absolute Gasteiger partial charge is 0.399 e. The molecule has 0 aliphatic heterocycles. The van der Waals surface area contributed by atoms with Gasteiger partial charge in [0.2, 0.25) is 5.78 Å². The quantitative estimate of drug-likeness (QED) is 0.671. The van der Waals surface area contributed by atoms with Crippen molar-refractivity contribution in [2.24, 2.45) is 0 Å². The molecule has 2 aromatic rings. The van der Waals surface area contributed by atoms with Crippen molar-refractivity contribution >= 4 is 23.1 Å². The van der Waals surface area contributed by atoms with E-state index >= 15 is 0 Å². The van der Waals surface area contributed by atoms with Crippen molar-refractivity contribution in [1.29, 1.82) is 0 Å². The summed E-state index contributed by atoms with van der Waals surface area (Å²) in [6, 6.07) is 4.79. The molecule has 0 spiro atoms. The Labute approximate surface area is 104 Å². The molecule has 0 unspecified atom stereocenters. The highest BCUT2D eigenvalue weighted by Gasteiger charge is 2.15. The summed E-state index contributed by atoms with van der Waals surface area (Å²) in [4.78, 5) is 16.2. The first-order valence-corrected chi connectivity index (χ1v) is 5.61. The number of benzene rings is 1. The van der Waals surface area contributed by atoms with E-state index in [0.29, 0.717) is 28.6 Å². The second kappa shape index (κ2) is 4.59. The Balaban J connectivity index is 2.43. The number of hydrogen-bond acceptors (Lipinski definition) is 3. The van der Waals surface area contributed by atoms with Crippen LogP contribution in [0.25, 0.3) is 0 Å². The minimum Gasteiger partial charge on any atom is -0.399 e. The van der Waals surface area contributed by atoms with Gasteiger partial charge < -0.3 is 10.3 Å². The van der Waals surface area contributed by atoms with E-state index in [2.05, 4.69) is 4.98 Å². The lowest BCUT2D eigenvalue weighted by Crippen LogP contribution is -2.10. The minimum atomic E-state index is -0.175. The molecule has 0 saturated heterocycles. The van der Waals surface area contributed by atoms with E-state index in [4.69, 9.17) is 17.3 Å². The highest BCUT2D eigenvalue weighted by Crippen LogP contribution is 2.18. The number of rotatable bonds is 3. The van der Waals surface area contributed by atoms with Gasteiger partial charge in [-0.2, -0.15) is 0 Å². The van der Waals surface area contributed by atoms with Gasteiger partial charge >= 0.3 is 0 Å². The number of nitrogen functional groups attached to an aromatic ring is 1. The van der Waals surface area contributed by atoms with Crippen LogP contribution in [0, 0.1) is 0 Å². The van der Waals surface area contributed by atoms with Crippen molar-refractivity contribution in [3.63, 3.8) is 0 Å². The molecule has 2 rings (SSSR count). The number of nitrogens with zero attached hydrogens (tertiary/aromatic N) is 2. The predicted octanol–water partition coefficient (Wildman–Crippen LogP) is 2.37. The SMILES string of the molecule is CCn1ccnc1C(=O)c1cc(N)cc(Cl)c1. The first kappa shape index (κ1) is 11.7. The molecular formula is C12H12ClN3O. The number of hydrogen-bond donors (Lipinski definition) is 1. The fourth-order valence-corrected chi connectivity index (χ4v) is 1.89. The standard InChI is InChI=1S/C12H12ClN3O/c1-2-16-4-3-15-12(16)11(17)8-5-9(13)7-10(14)6-8/h3-7H,2,14H2,1H3. The molecule has 0 atom stereocenters. The van der Waals surface area contributed by atoms with Gasteiger partial charge in [0.05, 0.1) is 0 Å². The average Bonchev–Trinajstić information content (AvgIpc) is 2.74. The van der Waals surface area contributed by atoms with E-state index in [0.717, 1.165) is 0 Å². The van der Waals surface area contributed by atoms with Crippen LogP contribution >= 0.6 is 11.6 Å². The second-order valence-corrected chi connectivity index (χ2v) is 4.08. The topological polar surface area (TPSA) is 60.9 Å². The van der Waals surface area contributed by atoms with Gasteiger partial charge in [-0.15, -0.1) is 0 Å². The van der Waals surface area contributed by atoms with Gasteiger partial charge in [0.1, 0.15) is 0 Å². The summed E-state index contributed by atoms with van der Waals surface area (Å²) in [5.74, 6) is 0.222. The summed E-state index contributed by atoms with van der Waals surface area (Å²) in [5.41, 5.74) is 6.58. The van der Waals surface area contributed by atoms with Gasteiger partial charge in [-0.05, 0) is 25.1 Å². The zero-order valence-corrected chi connectivity index (χ0v) is 10.1. The van der Waals surface area contributed by atoms with Crippen LogP contribution in [0.2, 0.25) is 5.02 Å². The molecule has 0 bridgehead atoms. The lowest BCUT2D eigenvalue weighted by Gasteiger charge is -2.05. The van der Waals surface area contributed by atoms with Crippen LogP contribution in [0.15, 0.2) is 30.6 Å². The lowest BCUT2D eigenvalue weighted by atomic mass is 10.1. The van der Waals surface area contributed by atoms with Crippen molar-refractivity contribution in [2.45, 2.75) is 13.5 Å². The number of ketones is 1. The Morgan fingerprint density at radius 1 is 1.47 bits per heavy atom. The molecule has 17 heavy (non-hydrogen) atoms. The number of anilines is 1. The first-order valence-electron chi connectivity index (χ1n) is 5.23. The van der Waals surface area contributed by atoms with Crippen molar-refractivity contribution in [3.05, 3.63) is 47.0 Å². The molecule has 0 aliphatic rings. The van der Waals surface area contributed by atoms with E-state index in [1.54, 1.807) is 35.2 Å². The van der Waals surface area contributed by atoms with Crippen LogP contribution in [-0.4, -0.2) is 15.3 Å². The van der Waals surface area contributed by atoms with Gasteiger partial charge in [0, 0.05) is 35.2 Å². The van der Waals surface area contributed by atoms with Gasteiger partial charge in [0.15, 0.2) is 5.82 Å². The maximum absolute atomic E-state index is 12.2. The average molecular weight is 250 g/mol. The van der Waals surface area contributed by atoms with Crippen molar-refractivity contribution < 1.29 is 4.79 Å². The van der Waals surface area contributed by atoms with Crippen LogP contribution in [0.4, 0.5) is 5.69 Å². The Hall–Kier alpha value is -1.81. The highest BCUT2D eigenvalue weighted by molar-refractivity contribution is 6.31. The van der Waals surface area contributed by atoms with E-state index in [1.165, 1.54) is 0 Å². The number of aromatic nitrogens is 2. The molecule has 4 nitrogen and oxygen atoms in total. The molecule has 0 saturated carbocycles. The maximum atomic E-state index is 12.2. The smallest absolute Gasteiger partial charge is 0.228 e. The van der Waals surface area contributed by atoms with Crippen LogP contribution in [0.3, 0.4) is 0 Å². The van der Waals surface area contributed by atoms with E-state index in [9.17, 15) is 4.79 Å². The number of carbonyl (C=O) groups excluding carboxylic acids is 1. The van der Waals surface area contributed by atoms with Gasteiger partial charge in [-0.3, -0.25) is 4.79 Å². The predicted molar refractivity (Wildman–Crippen MR) is 67.2 cm³/mol. The molecule has 1 aromatic carbocycles. The Morgan fingerprint density at radius 3 is 2.88 bits per heavy atom. The zero-order valence-electron chi connectivity index (χ0n) is 9.35. The molecule has 1 aromatic heterocycles. The molecule has 5 heteroatoms. The molecule has 0 fully saturated rings. The summed E-state index contributed by atoms with van der Waals surface area (Å²) in [6.45, 7) is 2.64. The van der Waals surface area contributed by atoms with Gasteiger partial charge in [-0.1, -0.05) is 11.6 Å². The zero-order chi connectivity index (χ0) is 12.4. The third-order valence-corrected chi connectivity index (χ3v) is 2.66. The second-order valence-electron chi connectivity index (χ2n) is 3.64. The monoisotopic (exact) mass is 249 g/mol. The summed E-state index contributed by atoms with van der Waals surface area (Å²) >= 11 is 5.87. The Bertz CT molecular complexity index is 542. The minimum absolute atomic E-state index is 0.175. The van der Waals surface area contributed by atoms with E-state index in [-0.39, 0.29) is 5.78 Å². The summed E-state index contributed by atoms with van der Waals surface area (Å²) < 4.78 is 1.78. The number of nitrogens with two attached hydrogens (primary N) is 1. The van der Waals surface area contributed by atoms with Crippen LogP contribution < -0.4 is 5.73 Å². The van der Waals surface area contributed by atoms with Gasteiger partial charge in [-0.25, -0.2) is 4.98 Å². The third-order valence-electron chi connectivity index (χ3n) is 2.44. The van der Waals surface area contributed by atoms with Crippen LogP contribution in [0.1, 0.15) is 23.1 Å². The lowest BCUT2D eigenvalue weighted by molar-refractivity contribution is 0.102. The molecule has 0 radical (unpaired) electrons. The van der Waals surface area contributed by atoms with Crippen molar-refractivity contribution in [1.82, 2.24) is 9.55 Å². The van der Waals surface area contributed by atoms with Crippen molar-refractivity contribution in [2.75, 3.05) is 5.73 Å². The Kier molecular flexibility index (Phi) is 3.15. The number of halogens is 1. The highest BCUT2D eigenvalue weighted by atomic mass is 35.5. The molecule has 2 N–H and O–H groups in total. The summed E-state index contributed by atoms with van der Waals surface area (Å²) in [7, 11) is 0. The fourth-order valence-electron chi connectivity index (χ4n) is 1.65. The summed E-state index contributed by atoms with van der Waals surface area (Å²) in [6.07, 6.45) is 3.37.